The molecule has 152 valence electrons. The number of hydrogen-bond donors (Lipinski definition) is 1. The van der Waals surface area contributed by atoms with E-state index in [0.717, 1.165) is 30.1 Å². The lowest BCUT2D eigenvalue weighted by Gasteiger charge is -2.32. The predicted molar refractivity (Wildman–Crippen MR) is 101 cm³/mol. The van der Waals surface area contributed by atoms with Gasteiger partial charge in [-0.25, -0.2) is 0 Å². The fourth-order valence-electron chi connectivity index (χ4n) is 3.20. The Hall–Kier alpha value is -1.70. The van der Waals surface area contributed by atoms with Gasteiger partial charge in [0.05, 0.1) is 43.0 Å². The lowest BCUT2D eigenvalue weighted by atomic mass is 10.1. The molecule has 8 heteroatoms. The van der Waals surface area contributed by atoms with E-state index in [1.807, 2.05) is 12.1 Å². The number of fused-ring (bicyclic) bond motifs is 2. The van der Waals surface area contributed by atoms with Crippen LogP contribution in [0.2, 0.25) is 0 Å². The molecule has 0 fully saturated rings. The Morgan fingerprint density at radius 3 is 2.32 bits per heavy atom. The topological polar surface area (TPSA) is 24.8 Å². The highest BCUT2D eigenvalue weighted by molar-refractivity contribution is 7.99. The van der Waals surface area contributed by atoms with Crippen LogP contribution in [0.1, 0.15) is 25.8 Å². The van der Waals surface area contributed by atoms with Crippen LogP contribution in [0.4, 0.5) is 24.5 Å². The maximum absolute atomic E-state index is 13.2. The van der Waals surface area contributed by atoms with Gasteiger partial charge in [-0.2, -0.15) is 13.2 Å². The smallest absolute Gasteiger partial charge is 0.416 e. The second kappa shape index (κ2) is 9.20. The molecule has 1 N–H and O–H groups in total. The van der Waals surface area contributed by atoms with Gasteiger partial charge in [-0.3, -0.25) is 9.69 Å². The van der Waals surface area contributed by atoms with E-state index in [2.05, 4.69) is 13.8 Å². The molecule has 2 aromatic carbocycles. The zero-order valence-electron chi connectivity index (χ0n) is 15.6. The number of nitrogens with zero attached hydrogens (tertiary/aromatic N) is 1. The van der Waals surface area contributed by atoms with Crippen molar-refractivity contribution < 1.29 is 35.3 Å². The molecule has 0 aliphatic carbocycles. The number of rotatable bonds is 5. The molecule has 3 rings (SSSR count). The summed E-state index contributed by atoms with van der Waals surface area (Å²) in [5, 5.41) is 0. The van der Waals surface area contributed by atoms with Crippen LogP contribution in [0.15, 0.2) is 52.3 Å². The lowest BCUT2D eigenvalue weighted by molar-refractivity contribution is -0.895. The highest BCUT2D eigenvalue weighted by Gasteiger charge is 2.34. The van der Waals surface area contributed by atoms with E-state index in [1.165, 1.54) is 27.6 Å². The highest BCUT2D eigenvalue weighted by atomic mass is 35.5. The normalized spacial score (nSPS) is 13.0. The number of anilines is 2. The van der Waals surface area contributed by atoms with Crippen molar-refractivity contribution in [1.29, 1.82) is 0 Å². The summed E-state index contributed by atoms with van der Waals surface area (Å²) in [6.45, 7) is 6.59. The number of halogens is 4. The van der Waals surface area contributed by atoms with Crippen molar-refractivity contribution in [1.82, 2.24) is 0 Å². The third-order valence-electron chi connectivity index (χ3n) is 4.80. The maximum atomic E-state index is 13.2. The molecular formula is C20H22ClF3N2OS. The molecule has 3 nitrogen and oxygen atoms in total. The molecule has 0 spiro atoms. The van der Waals surface area contributed by atoms with Crippen molar-refractivity contribution in [3.63, 3.8) is 0 Å². The quantitative estimate of drug-likeness (QED) is 0.770. The molecule has 1 heterocycles. The van der Waals surface area contributed by atoms with Crippen molar-refractivity contribution in [2.75, 3.05) is 24.5 Å². The molecule has 1 aliphatic rings. The van der Waals surface area contributed by atoms with Gasteiger partial charge in [0.15, 0.2) is 0 Å². The Labute approximate surface area is 173 Å². The summed E-state index contributed by atoms with van der Waals surface area (Å²) in [5.74, 6) is -0.178. The largest absolute Gasteiger partial charge is 1.00 e. The van der Waals surface area contributed by atoms with Crippen LogP contribution in [0, 0.1) is 0 Å². The molecule has 0 saturated carbocycles. The van der Waals surface area contributed by atoms with Crippen molar-refractivity contribution in [3.05, 3.63) is 48.0 Å². The van der Waals surface area contributed by atoms with E-state index >= 15 is 0 Å². The lowest BCUT2D eigenvalue weighted by Crippen LogP contribution is -3.11. The van der Waals surface area contributed by atoms with E-state index in [0.29, 0.717) is 22.8 Å². The summed E-state index contributed by atoms with van der Waals surface area (Å²) in [5.41, 5.74) is 0.218. The van der Waals surface area contributed by atoms with Gasteiger partial charge >= 0.3 is 6.18 Å². The van der Waals surface area contributed by atoms with E-state index < -0.39 is 11.7 Å². The molecule has 28 heavy (non-hydrogen) atoms. The first-order valence-electron chi connectivity index (χ1n) is 8.99. The summed E-state index contributed by atoms with van der Waals surface area (Å²) in [6, 6.07) is 10.9. The predicted octanol–water partition coefficient (Wildman–Crippen LogP) is 1.15. The minimum Gasteiger partial charge on any atom is -1.00 e. The van der Waals surface area contributed by atoms with Gasteiger partial charge in [-0.05, 0) is 44.2 Å². The van der Waals surface area contributed by atoms with E-state index in [9.17, 15) is 18.0 Å². The third-order valence-corrected chi connectivity index (χ3v) is 5.93. The van der Waals surface area contributed by atoms with Crippen LogP contribution >= 0.6 is 11.8 Å². The minimum absolute atomic E-state index is 0. The zero-order valence-corrected chi connectivity index (χ0v) is 17.2. The third kappa shape index (κ3) is 4.64. The fourth-order valence-corrected chi connectivity index (χ4v) is 4.24. The van der Waals surface area contributed by atoms with Crippen molar-refractivity contribution in [2.45, 2.75) is 36.2 Å². The van der Waals surface area contributed by atoms with Crippen LogP contribution < -0.4 is 22.2 Å². The Kier molecular flexibility index (Phi) is 7.42. The molecule has 0 unspecified atom stereocenters. The Bertz CT molecular complexity index is 840. The summed E-state index contributed by atoms with van der Waals surface area (Å²) < 4.78 is 39.6. The molecule has 0 atom stereocenters. The number of hydrogen-bond acceptors (Lipinski definition) is 2. The van der Waals surface area contributed by atoms with Crippen LogP contribution in [-0.4, -0.2) is 25.5 Å². The molecule has 2 aromatic rings. The zero-order chi connectivity index (χ0) is 19.6. The van der Waals surface area contributed by atoms with Gasteiger partial charge in [-0.1, -0.05) is 23.9 Å². The summed E-state index contributed by atoms with van der Waals surface area (Å²) >= 11 is 1.39. The van der Waals surface area contributed by atoms with Crippen LogP contribution in [-0.2, 0) is 11.0 Å². The SMILES string of the molecule is CC[NH+](CC)CCC(=O)N1c2ccccc2Sc2ccc(C(F)(F)F)cc21.[Cl-]. The molecule has 0 radical (unpaired) electrons. The first kappa shape index (κ1) is 22.6. The number of benzene rings is 2. The average molecular weight is 431 g/mol. The second-order valence-electron chi connectivity index (χ2n) is 6.44. The molecular weight excluding hydrogens is 409 g/mol. The van der Waals surface area contributed by atoms with Crippen molar-refractivity contribution in [2.24, 2.45) is 0 Å². The van der Waals surface area contributed by atoms with E-state index in [-0.39, 0.29) is 24.7 Å². The molecule has 0 bridgehead atoms. The number of quaternary nitrogens is 1. The van der Waals surface area contributed by atoms with Gasteiger partial charge in [0.2, 0.25) is 5.91 Å². The Morgan fingerprint density at radius 1 is 1.04 bits per heavy atom. The Balaban J connectivity index is 0.00000280. The number of para-hydroxylation sites is 1. The summed E-state index contributed by atoms with van der Waals surface area (Å²) in [7, 11) is 0. The van der Waals surface area contributed by atoms with Crippen LogP contribution in [0.25, 0.3) is 0 Å². The molecule has 0 saturated heterocycles. The molecule has 1 aliphatic heterocycles. The number of alkyl halides is 3. The molecule has 0 aromatic heterocycles. The number of carbonyl (C=O) groups is 1. The van der Waals surface area contributed by atoms with Gasteiger partial charge in [0.1, 0.15) is 0 Å². The molecule has 1 amide bonds. The number of carbonyl (C=O) groups excluding carboxylic acids is 1. The maximum Gasteiger partial charge on any atom is 0.416 e. The Morgan fingerprint density at radius 2 is 1.68 bits per heavy atom. The second-order valence-corrected chi connectivity index (χ2v) is 7.52. The van der Waals surface area contributed by atoms with Gasteiger partial charge in [-0.15, -0.1) is 0 Å². The number of nitrogens with one attached hydrogen (secondary N) is 1. The standard InChI is InChI=1S/C20H21F3N2OS.ClH/c1-3-24(4-2)12-11-19(26)25-15-7-5-6-8-17(15)27-18-10-9-14(13-16(18)25)20(21,22)23;/h5-10,13H,3-4,11-12H2,1-2H3;1H. The number of amides is 1. The average Bonchev–Trinajstić information content (AvgIpc) is 2.65. The van der Waals surface area contributed by atoms with Gasteiger partial charge < -0.3 is 17.3 Å². The highest BCUT2D eigenvalue weighted by Crippen LogP contribution is 2.49. The summed E-state index contributed by atoms with van der Waals surface area (Å²) in [6.07, 6.45) is -4.16. The van der Waals surface area contributed by atoms with E-state index in [4.69, 9.17) is 0 Å². The monoisotopic (exact) mass is 430 g/mol. The van der Waals surface area contributed by atoms with Gasteiger partial charge in [0, 0.05) is 9.79 Å². The first-order valence-corrected chi connectivity index (χ1v) is 9.81. The van der Waals surface area contributed by atoms with Crippen LogP contribution in [0.3, 0.4) is 0 Å². The summed E-state index contributed by atoms with van der Waals surface area (Å²) in [4.78, 5) is 17.3. The first-order chi connectivity index (χ1) is 12.8. The van der Waals surface area contributed by atoms with Crippen molar-refractivity contribution in [3.8, 4) is 0 Å². The van der Waals surface area contributed by atoms with Crippen molar-refractivity contribution >= 4 is 29.0 Å². The minimum atomic E-state index is -4.45. The fraction of sp³-hybridized carbons (Fsp3) is 0.350. The van der Waals surface area contributed by atoms with E-state index in [1.54, 1.807) is 12.1 Å². The van der Waals surface area contributed by atoms with Gasteiger partial charge in [0.25, 0.3) is 0 Å². The van der Waals surface area contributed by atoms with Crippen LogP contribution in [0.5, 0.6) is 0 Å².